The first-order valence-corrected chi connectivity index (χ1v) is 6.66. The molecule has 0 radical (unpaired) electrons. The quantitative estimate of drug-likeness (QED) is 0.626. The summed E-state index contributed by atoms with van der Waals surface area (Å²) in [6.07, 6.45) is 1.14. The van der Waals surface area contributed by atoms with Crippen molar-refractivity contribution in [1.29, 1.82) is 0 Å². The Hall–Kier alpha value is -0.480. The molecule has 6 heteroatoms. The molecule has 1 saturated carbocycles. The lowest BCUT2D eigenvalue weighted by atomic mass is 10.0. The lowest BCUT2D eigenvalue weighted by molar-refractivity contribution is -0.153. The molecule has 1 rings (SSSR count). The summed E-state index contributed by atoms with van der Waals surface area (Å²) >= 11 is 11.7. The second-order valence-corrected chi connectivity index (χ2v) is 7.06. The van der Waals surface area contributed by atoms with Crippen molar-refractivity contribution in [3.8, 4) is 0 Å². The molecule has 0 aliphatic heterocycles. The number of hydrogen-bond donors (Lipinski definition) is 1. The largest absolute Gasteiger partial charge is 0.455 e. The Kier molecular flexibility index (Phi) is 4.23. The van der Waals surface area contributed by atoms with Crippen molar-refractivity contribution < 1.29 is 14.3 Å². The van der Waals surface area contributed by atoms with E-state index in [1.165, 1.54) is 0 Å². The number of ether oxygens (including phenoxy) is 1. The molecule has 0 bridgehead atoms. The van der Waals surface area contributed by atoms with E-state index in [1.807, 2.05) is 20.8 Å². The fraction of sp³-hybridized carbons (Fsp3) is 0.833. The molecule has 0 heterocycles. The van der Waals surface area contributed by atoms with Crippen LogP contribution in [0.1, 0.15) is 40.5 Å². The van der Waals surface area contributed by atoms with Crippen LogP contribution in [0.5, 0.6) is 0 Å². The molecule has 1 unspecified atom stereocenters. The molecule has 1 aliphatic carbocycles. The molecule has 1 atom stereocenters. The average Bonchev–Trinajstić information content (AvgIpc) is 2.75. The lowest BCUT2D eigenvalue weighted by Gasteiger charge is -2.24. The first kappa shape index (κ1) is 15.6. The van der Waals surface area contributed by atoms with E-state index in [1.54, 1.807) is 6.92 Å². The van der Waals surface area contributed by atoms with Gasteiger partial charge in [-0.1, -0.05) is 6.92 Å². The molecule has 4 nitrogen and oxygen atoms in total. The third kappa shape index (κ3) is 3.29. The molecule has 1 N–H and O–H groups in total. The SMILES string of the molecule is CCC(C)(C)NC(=O)COC(=O)C1(C)CC1(Cl)Cl. The number of carbonyl (C=O) groups excluding carboxylic acids is 2. The topological polar surface area (TPSA) is 55.4 Å². The molecule has 0 spiro atoms. The van der Waals surface area contributed by atoms with Crippen LogP contribution in [0, 0.1) is 5.41 Å². The molecule has 0 aromatic heterocycles. The average molecular weight is 296 g/mol. The molecule has 1 amide bonds. The minimum Gasteiger partial charge on any atom is -0.455 e. The van der Waals surface area contributed by atoms with Gasteiger partial charge in [0.15, 0.2) is 6.61 Å². The maximum atomic E-state index is 11.7. The van der Waals surface area contributed by atoms with Crippen molar-refractivity contribution in [2.45, 2.75) is 50.4 Å². The van der Waals surface area contributed by atoms with E-state index in [4.69, 9.17) is 27.9 Å². The predicted octanol–water partition coefficient (Wildman–Crippen LogP) is 2.42. The van der Waals surface area contributed by atoms with Gasteiger partial charge in [0.25, 0.3) is 5.91 Å². The van der Waals surface area contributed by atoms with E-state index in [0.717, 1.165) is 6.42 Å². The van der Waals surface area contributed by atoms with Gasteiger partial charge in [0.05, 0.1) is 0 Å². The molecule has 0 aromatic carbocycles. The second-order valence-electron chi connectivity index (χ2n) is 5.58. The zero-order valence-electron chi connectivity index (χ0n) is 11.1. The Morgan fingerprint density at radius 3 is 2.28 bits per heavy atom. The number of carbonyl (C=O) groups is 2. The summed E-state index contributed by atoms with van der Waals surface area (Å²) in [4.78, 5) is 23.3. The van der Waals surface area contributed by atoms with Gasteiger partial charge >= 0.3 is 5.97 Å². The highest BCUT2D eigenvalue weighted by Crippen LogP contribution is 2.64. The highest BCUT2D eigenvalue weighted by atomic mass is 35.5. The minimum atomic E-state index is -1.07. The van der Waals surface area contributed by atoms with Gasteiger partial charge in [-0.2, -0.15) is 0 Å². The standard InChI is InChI=1S/C12H19Cl2NO3/c1-5-10(2,3)15-8(16)6-18-9(17)11(4)7-12(11,13)14/h5-7H2,1-4H3,(H,15,16). The summed E-state index contributed by atoms with van der Waals surface area (Å²) in [5, 5.41) is 2.77. The van der Waals surface area contributed by atoms with E-state index < -0.39 is 15.7 Å². The number of amides is 1. The van der Waals surface area contributed by atoms with Crippen LogP contribution < -0.4 is 5.32 Å². The van der Waals surface area contributed by atoms with Crippen molar-refractivity contribution in [1.82, 2.24) is 5.32 Å². The smallest absolute Gasteiger partial charge is 0.315 e. The maximum Gasteiger partial charge on any atom is 0.315 e. The van der Waals surface area contributed by atoms with Crippen LogP contribution in [0.2, 0.25) is 0 Å². The van der Waals surface area contributed by atoms with Crippen molar-refractivity contribution in [3.63, 3.8) is 0 Å². The highest BCUT2D eigenvalue weighted by Gasteiger charge is 2.69. The van der Waals surface area contributed by atoms with E-state index in [2.05, 4.69) is 5.32 Å². The first-order chi connectivity index (χ1) is 8.04. The molecule has 1 aliphatic rings. The fourth-order valence-corrected chi connectivity index (χ4v) is 2.10. The summed E-state index contributed by atoms with van der Waals surface area (Å²) in [5.41, 5.74) is -1.20. The minimum absolute atomic E-state index is 0.304. The molecule has 104 valence electrons. The molecule has 0 aromatic rings. The Bertz CT molecular complexity index is 368. The number of nitrogens with one attached hydrogen (secondary N) is 1. The number of hydrogen-bond acceptors (Lipinski definition) is 3. The van der Waals surface area contributed by atoms with Gasteiger partial charge in [0, 0.05) is 12.0 Å². The Morgan fingerprint density at radius 1 is 1.39 bits per heavy atom. The van der Waals surface area contributed by atoms with Gasteiger partial charge in [-0.15, -0.1) is 23.2 Å². The maximum absolute atomic E-state index is 11.7. The van der Waals surface area contributed by atoms with Gasteiger partial charge in [-0.25, -0.2) is 0 Å². The van der Waals surface area contributed by atoms with E-state index >= 15 is 0 Å². The summed E-state index contributed by atoms with van der Waals surface area (Å²) in [5.74, 6) is -0.855. The summed E-state index contributed by atoms with van der Waals surface area (Å²) in [6, 6.07) is 0. The molecule has 1 fully saturated rings. The van der Waals surface area contributed by atoms with Crippen LogP contribution in [-0.2, 0) is 14.3 Å². The van der Waals surface area contributed by atoms with E-state index in [0.29, 0.717) is 6.42 Å². The van der Waals surface area contributed by atoms with Crippen LogP contribution in [0.4, 0.5) is 0 Å². The van der Waals surface area contributed by atoms with Crippen molar-refractivity contribution >= 4 is 35.1 Å². The number of rotatable bonds is 5. The zero-order chi connectivity index (χ0) is 14.2. The van der Waals surface area contributed by atoms with Gasteiger partial charge < -0.3 is 10.1 Å². The third-order valence-electron chi connectivity index (χ3n) is 3.40. The Balaban J connectivity index is 2.39. The van der Waals surface area contributed by atoms with Gasteiger partial charge in [-0.05, 0) is 27.2 Å². The summed E-state index contributed by atoms with van der Waals surface area (Å²) in [6.45, 7) is 7.09. The Labute approximate surface area is 117 Å². The summed E-state index contributed by atoms with van der Waals surface area (Å²) in [7, 11) is 0. The number of esters is 1. The monoisotopic (exact) mass is 295 g/mol. The van der Waals surface area contributed by atoms with Crippen LogP contribution in [0.25, 0.3) is 0 Å². The van der Waals surface area contributed by atoms with Crippen molar-refractivity contribution in [3.05, 3.63) is 0 Å². The Morgan fingerprint density at radius 2 is 1.89 bits per heavy atom. The second kappa shape index (κ2) is 4.89. The molecular formula is C12H19Cl2NO3. The van der Waals surface area contributed by atoms with Crippen LogP contribution >= 0.6 is 23.2 Å². The van der Waals surface area contributed by atoms with Crippen LogP contribution in [0.3, 0.4) is 0 Å². The number of halogens is 2. The highest BCUT2D eigenvalue weighted by molar-refractivity contribution is 6.53. The third-order valence-corrected chi connectivity index (χ3v) is 4.51. The van der Waals surface area contributed by atoms with Gasteiger partial charge in [0.2, 0.25) is 0 Å². The lowest BCUT2D eigenvalue weighted by Crippen LogP contribution is -2.45. The van der Waals surface area contributed by atoms with E-state index in [-0.39, 0.29) is 18.1 Å². The number of alkyl halides is 2. The fourth-order valence-electron chi connectivity index (χ4n) is 1.41. The van der Waals surface area contributed by atoms with Gasteiger partial charge in [-0.3, -0.25) is 9.59 Å². The van der Waals surface area contributed by atoms with Crippen molar-refractivity contribution in [2.24, 2.45) is 5.41 Å². The van der Waals surface area contributed by atoms with Crippen molar-refractivity contribution in [2.75, 3.05) is 6.61 Å². The molecule has 0 saturated heterocycles. The predicted molar refractivity (Wildman–Crippen MR) is 70.6 cm³/mol. The van der Waals surface area contributed by atoms with Gasteiger partial charge in [0.1, 0.15) is 9.75 Å². The van der Waals surface area contributed by atoms with Crippen LogP contribution in [-0.4, -0.2) is 28.4 Å². The normalized spacial score (nSPS) is 25.4. The van der Waals surface area contributed by atoms with E-state index in [9.17, 15) is 9.59 Å². The van der Waals surface area contributed by atoms with Crippen LogP contribution in [0.15, 0.2) is 0 Å². The molecule has 18 heavy (non-hydrogen) atoms. The summed E-state index contributed by atoms with van der Waals surface area (Å²) < 4.78 is 3.87. The molecular weight excluding hydrogens is 277 g/mol. The first-order valence-electron chi connectivity index (χ1n) is 5.90. The zero-order valence-corrected chi connectivity index (χ0v) is 12.6.